The Morgan fingerprint density at radius 3 is 2.26 bits per heavy atom. The van der Waals surface area contributed by atoms with Crippen LogP contribution in [0.4, 0.5) is 5.69 Å². The van der Waals surface area contributed by atoms with Crippen LogP contribution in [0.2, 0.25) is 5.02 Å². The number of rotatable bonds is 7. The number of nitrogens with one attached hydrogen (secondary N) is 1. The Labute approximate surface area is 140 Å². The molecule has 122 valence electrons. The SMILES string of the molecule is CC[C@@H]([C@@H](Nc1ccc(Cl)cc1)c1ccc(OC)cc1)[N+](=O)[O-]. The van der Waals surface area contributed by atoms with Crippen molar-refractivity contribution >= 4 is 17.3 Å². The van der Waals surface area contributed by atoms with Gasteiger partial charge in [0.2, 0.25) is 6.04 Å². The third-order valence-corrected chi connectivity index (χ3v) is 3.97. The standard InChI is InChI=1S/C17H19ClN2O3/c1-3-16(20(21)22)17(12-4-10-15(23-2)11-5-12)19-14-8-6-13(18)7-9-14/h4-11,16-17,19H,3H2,1-2H3/t16-,17-/m0/s1. The number of nitro groups is 1. The highest BCUT2D eigenvalue weighted by atomic mass is 35.5. The van der Waals surface area contributed by atoms with Gasteiger partial charge in [-0.2, -0.15) is 0 Å². The molecule has 2 atom stereocenters. The van der Waals surface area contributed by atoms with Crippen LogP contribution in [-0.2, 0) is 0 Å². The molecule has 0 aliphatic rings. The summed E-state index contributed by atoms with van der Waals surface area (Å²) in [5.74, 6) is 0.716. The van der Waals surface area contributed by atoms with Crippen LogP contribution in [0.1, 0.15) is 24.9 Å². The highest BCUT2D eigenvalue weighted by molar-refractivity contribution is 6.30. The summed E-state index contributed by atoms with van der Waals surface area (Å²) in [5, 5.41) is 15.3. The summed E-state index contributed by atoms with van der Waals surface area (Å²) in [4.78, 5) is 11.2. The molecule has 0 saturated carbocycles. The van der Waals surface area contributed by atoms with Gasteiger partial charge in [0.05, 0.1) is 7.11 Å². The maximum Gasteiger partial charge on any atom is 0.236 e. The molecule has 0 radical (unpaired) electrons. The lowest BCUT2D eigenvalue weighted by atomic mass is 9.97. The van der Waals surface area contributed by atoms with Gasteiger partial charge in [0, 0.05) is 22.1 Å². The molecule has 2 aromatic rings. The van der Waals surface area contributed by atoms with Gasteiger partial charge in [-0.1, -0.05) is 30.7 Å². The van der Waals surface area contributed by atoms with Crippen LogP contribution in [0.15, 0.2) is 48.5 Å². The number of benzene rings is 2. The normalized spacial score (nSPS) is 13.2. The van der Waals surface area contributed by atoms with Gasteiger partial charge >= 0.3 is 0 Å². The molecule has 0 bridgehead atoms. The Morgan fingerprint density at radius 1 is 1.17 bits per heavy atom. The Bertz CT molecular complexity index is 644. The van der Waals surface area contributed by atoms with E-state index in [0.29, 0.717) is 17.2 Å². The molecule has 0 amide bonds. The number of hydrogen-bond donors (Lipinski definition) is 1. The molecular weight excluding hydrogens is 316 g/mol. The highest BCUT2D eigenvalue weighted by Gasteiger charge is 2.31. The van der Waals surface area contributed by atoms with Crippen molar-refractivity contribution in [3.05, 3.63) is 69.2 Å². The molecule has 0 spiro atoms. The molecule has 0 heterocycles. The van der Waals surface area contributed by atoms with E-state index in [9.17, 15) is 10.1 Å². The molecule has 1 N–H and O–H groups in total. The van der Waals surface area contributed by atoms with E-state index in [1.54, 1.807) is 31.4 Å². The van der Waals surface area contributed by atoms with Crippen LogP contribution in [0, 0.1) is 10.1 Å². The first-order valence-electron chi connectivity index (χ1n) is 7.34. The van der Waals surface area contributed by atoms with Crippen LogP contribution in [0.3, 0.4) is 0 Å². The fraction of sp³-hybridized carbons (Fsp3) is 0.294. The Morgan fingerprint density at radius 2 is 1.78 bits per heavy atom. The monoisotopic (exact) mass is 334 g/mol. The van der Waals surface area contributed by atoms with Crippen molar-refractivity contribution in [2.24, 2.45) is 0 Å². The molecule has 0 fully saturated rings. The first-order valence-corrected chi connectivity index (χ1v) is 7.72. The van der Waals surface area contributed by atoms with Gasteiger partial charge in [0.25, 0.3) is 0 Å². The van der Waals surface area contributed by atoms with E-state index >= 15 is 0 Å². The molecule has 0 aliphatic heterocycles. The predicted molar refractivity (Wildman–Crippen MR) is 91.9 cm³/mol. The van der Waals surface area contributed by atoms with Crippen LogP contribution in [0.5, 0.6) is 5.75 Å². The lowest BCUT2D eigenvalue weighted by molar-refractivity contribution is -0.526. The van der Waals surface area contributed by atoms with Crippen molar-refractivity contribution < 1.29 is 9.66 Å². The lowest BCUT2D eigenvalue weighted by Gasteiger charge is -2.23. The molecular formula is C17H19ClN2O3. The van der Waals surface area contributed by atoms with Gasteiger partial charge in [0.1, 0.15) is 11.8 Å². The zero-order valence-corrected chi connectivity index (χ0v) is 13.8. The van der Waals surface area contributed by atoms with Gasteiger partial charge in [-0.3, -0.25) is 10.1 Å². The number of methoxy groups -OCH3 is 1. The van der Waals surface area contributed by atoms with Gasteiger partial charge < -0.3 is 10.1 Å². The summed E-state index contributed by atoms with van der Waals surface area (Å²) < 4.78 is 5.15. The van der Waals surface area contributed by atoms with Crippen molar-refractivity contribution in [2.45, 2.75) is 25.4 Å². The average Bonchev–Trinajstić information content (AvgIpc) is 2.56. The summed E-state index contributed by atoms with van der Waals surface area (Å²) in [6, 6.07) is 13.2. The average molecular weight is 335 g/mol. The summed E-state index contributed by atoms with van der Waals surface area (Å²) in [6.07, 6.45) is 0.421. The highest BCUT2D eigenvalue weighted by Crippen LogP contribution is 2.28. The van der Waals surface area contributed by atoms with Gasteiger partial charge in [0.15, 0.2) is 0 Å². The van der Waals surface area contributed by atoms with E-state index in [4.69, 9.17) is 16.3 Å². The maximum atomic E-state index is 11.4. The van der Waals surface area contributed by atoms with E-state index in [0.717, 1.165) is 11.3 Å². The third kappa shape index (κ3) is 4.36. The summed E-state index contributed by atoms with van der Waals surface area (Å²) >= 11 is 5.89. The smallest absolute Gasteiger partial charge is 0.236 e. The molecule has 2 aromatic carbocycles. The number of nitrogens with zero attached hydrogens (tertiary/aromatic N) is 1. The van der Waals surface area contributed by atoms with Crippen molar-refractivity contribution in [3.63, 3.8) is 0 Å². The topological polar surface area (TPSA) is 64.4 Å². The minimum atomic E-state index is -0.737. The second-order valence-electron chi connectivity index (χ2n) is 5.16. The quantitative estimate of drug-likeness (QED) is 0.595. The van der Waals surface area contributed by atoms with Crippen LogP contribution >= 0.6 is 11.6 Å². The van der Waals surface area contributed by atoms with Crippen molar-refractivity contribution in [3.8, 4) is 5.75 Å². The van der Waals surface area contributed by atoms with Crippen molar-refractivity contribution in [1.82, 2.24) is 0 Å². The van der Waals surface area contributed by atoms with Gasteiger partial charge in [-0.05, 0) is 42.0 Å². The minimum Gasteiger partial charge on any atom is -0.497 e. The summed E-state index contributed by atoms with van der Waals surface area (Å²) in [7, 11) is 1.59. The predicted octanol–water partition coefficient (Wildman–Crippen LogP) is 4.56. The first kappa shape index (κ1) is 17.1. The van der Waals surface area contributed by atoms with Crippen molar-refractivity contribution in [1.29, 1.82) is 0 Å². The van der Waals surface area contributed by atoms with Crippen LogP contribution < -0.4 is 10.1 Å². The fourth-order valence-electron chi connectivity index (χ4n) is 2.45. The minimum absolute atomic E-state index is 0.238. The Hall–Kier alpha value is -2.27. The van der Waals surface area contributed by atoms with Crippen molar-refractivity contribution in [2.75, 3.05) is 12.4 Å². The zero-order chi connectivity index (χ0) is 16.8. The molecule has 23 heavy (non-hydrogen) atoms. The number of hydrogen-bond acceptors (Lipinski definition) is 4. The number of ether oxygens (including phenoxy) is 1. The Kier molecular flexibility index (Phi) is 5.82. The van der Waals surface area contributed by atoms with E-state index in [1.807, 2.05) is 31.2 Å². The molecule has 0 unspecified atom stereocenters. The molecule has 0 saturated heterocycles. The second kappa shape index (κ2) is 7.83. The fourth-order valence-corrected chi connectivity index (χ4v) is 2.57. The summed E-state index contributed by atoms with van der Waals surface area (Å²) in [6.45, 7) is 1.81. The summed E-state index contributed by atoms with van der Waals surface area (Å²) in [5.41, 5.74) is 1.62. The number of anilines is 1. The third-order valence-electron chi connectivity index (χ3n) is 3.72. The second-order valence-corrected chi connectivity index (χ2v) is 5.60. The molecule has 0 aliphatic carbocycles. The van der Waals surface area contributed by atoms with E-state index in [-0.39, 0.29) is 4.92 Å². The van der Waals surface area contributed by atoms with E-state index in [1.165, 1.54) is 0 Å². The maximum absolute atomic E-state index is 11.4. The first-order chi connectivity index (χ1) is 11.0. The van der Waals surface area contributed by atoms with Crippen LogP contribution in [0.25, 0.3) is 0 Å². The van der Waals surface area contributed by atoms with Gasteiger partial charge in [-0.25, -0.2) is 0 Å². The van der Waals surface area contributed by atoms with E-state index < -0.39 is 12.1 Å². The van der Waals surface area contributed by atoms with Crippen LogP contribution in [-0.4, -0.2) is 18.1 Å². The van der Waals surface area contributed by atoms with Gasteiger partial charge in [-0.15, -0.1) is 0 Å². The Balaban J connectivity index is 2.33. The zero-order valence-electron chi connectivity index (χ0n) is 13.0. The lowest BCUT2D eigenvalue weighted by Crippen LogP contribution is -2.32. The number of halogens is 1. The molecule has 5 nitrogen and oxygen atoms in total. The molecule has 6 heteroatoms. The largest absolute Gasteiger partial charge is 0.497 e. The molecule has 2 rings (SSSR count). The molecule has 0 aromatic heterocycles. The van der Waals surface area contributed by atoms with E-state index in [2.05, 4.69) is 5.32 Å².